The average Bonchev–Trinajstić information content (AvgIpc) is 1.88. The largest absolute Gasteiger partial charge is 0.245 e. The molecule has 0 heterocycles. The second-order valence-electron chi connectivity index (χ2n) is 1.68. The molecule has 0 N–H and O–H groups in total. The van der Waals surface area contributed by atoms with Crippen LogP contribution in [0.1, 0.15) is 0 Å². The molecule has 0 saturated heterocycles. The molecule has 0 aliphatic carbocycles. The smallest absolute Gasteiger partial charge is 0.220 e. The lowest BCUT2D eigenvalue weighted by Gasteiger charge is -2.25. The predicted molar refractivity (Wildman–Crippen MR) is 40.8 cm³/mol. The minimum atomic E-state index is -2.81. The maximum absolute atomic E-state index is 12.6. The molecule has 0 aromatic carbocycles. The molecular formula is C4H4Cl4F2. The van der Waals surface area contributed by atoms with Gasteiger partial charge in [0, 0.05) is 0 Å². The number of alkyl halides is 6. The Morgan fingerprint density at radius 2 is 1.10 bits per heavy atom. The van der Waals surface area contributed by atoms with Crippen LogP contribution in [0.5, 0.6) is 0 Å². The highest BCUT2D eigenvalue weighted by atomic mass is 35.5. The minimum Gasteiger partial charge on any atom is -0.220 e. The van der Waals surface area contributed by atoms with E-state index in [-0.39, 0.29) is 0 Å². The topological polar surface area (TPSA) is 0 Å². The lowest BCUT2D eigenvalue weighted by atomic mass is 10.3. The van der Waals surface area contributed by atoms with Gasteiger partial charge >= 0.3 is 0 Å². The lowest BCUT2D eigenvalue weighted by Crippen LogP contribution is -2.41. The number of halogens is 6. The molecule has 0 aliphatic rings. The molecule has 62 valence electrons. The van der Waals surface area contributed by atoms with E-state index in [0.717, 1.165) is 0 Å². The number of hydrogen-bond donors (Lipinski definition) is 0. The summed E-state index contributed by atoms with van der Waals surface area (Å²) in [4.78, 5) is 0. The molecule has 0 saturated carbocycles. The van der Waals surface area contributed by atoms with Crippen LogP contribution in [0.2, 0.25) is 0 Å². The van der Waals surface area contributed by atoms with Crippen LogP contribution in [0, 0.1) is 0 Å². The molecule has 0 rings (SSSR count). The molecule has 2 atom stereocenters. The highest BCUT2D eigenvalue weighted by Gasteiger charge is 2.50. The van der Waals surface area contributed by atoms with Crippen LogP contribution in [0.25, 0.3) is 0 Å². The summed E-state index contributed by atoms with van der Waals surface area (Å²) in [5.41, 5.74) is 0. The van der Waals surface area contributed by atoms with Crippen LogP contribution < -0.4 is 0 Å². The Morgan fingerprint density at radius 1 is 0.900 bits per heavy atom. The summed E-state index contributed by atoms with van der Waals surface area (Å²) >= 11 is 19.8. The Bertz CT molecular complexity index is 99.8. The highest BCUT2D eigenvalue weighted by molar-refractivity contribution is 6.39. The van der Waals surface area contributed by atoms with Crippen molar-refractivity contribution in [2.24, 2.45) is 0 Å². The van der Waals surface area contributed by atoms with Crippen molar-refractivity contribution < 1.29 is 8.78 Å². The quantitative estimate of drug-likeness (QED) is 0.655. The van der Waals surface area contributed by atoms with E-state index in [4.69, 9.17) is 46.4 Å². The van der Waals surface area contributed by atoms with Crippen LogP contribution in [0.4, 0.5) is 8.78 Å². The van der Waals surface area contributed by atoms with Gasteiger partial charge in [-0.3, -0.25) is 0 Å². The maximum atomic E-state index is 12.6. The van der Waals surface area contributed by atoms with Crippen molar-refractivity contribution in [3.63, 3.8) is 0 Å². The molecular weight excluding hydrogens is 228 g/mol. The van der Waals surface area contributed by atoms with Crippen molar-refractivity contribution in [1.29, 1.82) is 0 Å². The van der Waals surface area contributed by atoms with Gasteiger partial charge in [0.1, 0.15) is 0 Å². The molecule has 0 aromatic rings. The van der Waals surface area contributed by atoms with Gasteiger partial charge in [-0.2, -0.15) is 0 Å². The summed E-state index contributed by atoms with van der Waals surface area (Å²) in [6.45, 7) is 0. The summed E-state index contributed by atoms with van der Waals surface area (Å²) in [7, 11) is 0. The molecule has 2 unspecified atom stereocenters. The van der Waals surface area contributed by atoms with E-state index in [2.05, 4.69) is 0 Å². The van der Waals surface area contributed by atoms with Gasteiger partial charge in [0.2, 0.25) is 10.3 Å². The van der Waals surface area contributed by atoms with Crippen LogP contribution in [0.3, 0.4) is 0 Å². The molecule has 0 amide bonds. The van der Waals surface area contributed by atoms with Gasteiger partial charge < -0.3 is 0 Å². The Hall–Kier alpha value is 1.02. The van der Waals surface area contributed by atoms with Crippen molar-refractivity contribution in [2.45, 2.75) is 10.3 Å². The van der Waals surface area contributed by atoms with Crippen LogP contribution in [-0.4, -0.2) is 22.0 Å². The van der Waals surface area contributed by atoms with Crippen LogP contribution >= 0.6 is 46.4 Å². The van der Waals surface area contributed by atoms with Crippen molar-refractivity contribution in [3.05, 3.63) is 0 Å². The summed E-state index contributed by atoms with van der Waals surface area (Å²) in [6, 6.07) is 0. The zero-order valence-electron chi connectivity index (χ0n) is 4.68. The third kappa shape index (κ3) is 2.26. The Labute approximate surface area is 77.4 Å². The van der Waals surface area contributed by atoms with E-state index in [1.807, 2.05) is 0 Å². The zero-order valence-corrected chi connectivity index (χ0v) is 7.71. The second-order valence-corrected chi connectivity index (χ2v) is 3.41. The lowest BCUT2D eigenvalue weighted by molar-refractivity contribution is 0.129. The van der Waals surface area contributed by atoms with Crippen molar-refractivity contribution in [3.8, 4) is 0 Å². The maximum Gasteiger partial charge on any atom is 0.245 e. The number of hydrogen-bond acceptors (Lipinski definition) is 0. The standard InChI is InChI=1S/C4H4Cl4F2/c5-1-3(7,9)4(8,10)2-6/h1-2H2. The molecule has 0 aromatic heterocycles. The first kappa shape index (κ1) is 11.0. The summed E-state index contributed by atoms with van der Waals surface area (Å²) in [5.74, 6) is -1.50. The Balaban J connectivity index is 4.28. The second kappa shape index (κ2) is 3.61. The molecule has 6 heteroatoms. The molecule has 0 radical (unpaired) electrons. The normalized spacial score (nSPS) is 23.4. The van der Waals surface area contributed by atoms with Gasteiger partial charge in [-0.05, 0) is 0 Å². The van der Waals surface area contributed by atoms with Gasteiger partial charge in [0.25, 0.3) is 0 Å². The molecule has 0 bridgehead atoms. The third-order valence-corrected chi connectivity index (χ3v) is 2.84. The van der Waals surface area contributed by atoms with E-state index >= 15 is 0 Å². The van der Waals surface area contributed by atoms with E-state index in [1.165, 1.54) is 0 Å². The van der Waals surface area contributed by atoms with Crippen LogP contribution in [0.15, 0.2) is 0 Å². The van der Waals surface area contributed by atoms with Gasteiger partial charge in [-0.15, -0.1) is 23.2 Å². The van der Waals surface area contributed by atoms with Crippen molar-refractivity contribution in [1.82, 2.24) is 0 Å². The van der Waals surface area contributed by atoms with Gasteiger partial charge in [-0.25, -0.2) is 8.78 Å². The van der Waals surface area contributed by atoms with Gasteiger partial charge in [0.15, 0.2) is 0 Å². The van der Waals surface area contributed by atoms with Gasteiger partial charge in [-0.1, -0.05) is 23.2 Å². The van der Waals surface area contributed by atoms with Crippen molar-refractivity contribution >= 4 is 46.4 Å². The average molecular weight is 232 g/mol. The van der Waals surface area contributed by atoms with Crippen molar-refractivity contribution in [2.75, 3.05) is 11.8 Å². The summed E-state index contributed by atoms with van der Waals surface area (Å²) in [5, 5.41) is -5.62. The SMILES string of the molecule is FC(Cl)(CCl)C(F)(Cl)CCl. The van der Waals surface area contributed by atoms with E-state index < -0.39 is 22.0 Å². The first-order valence-electron chi connectivity index (χ1n) is 2.25. The van der Waals surface area contributed by atoms with E-state index in [9.17, 15) is 8.78 Å². The summed E-state index contributed by atoms with van der Waals surface area (Å²) < 4.78 is 25.3. The minimum absolute atomic E-state index is 0.749. The molecule has 10 heavy (non-hydrogen) atoms. The molecule has 0 fully saturated rings. The Morgan fingerprint density at radius 3 is 1.20 bits per heavy atom. The van der Waals surface area contributed by atoms with E-state index in [0.29, 0.717) is 0 Å². The van der Waals surface area contributed by atoms with E-state index in [1.54, 1.807) is 0 Å². The zero-order chi connectivity index (χ0) is 8.41. The van der Waals surface area contributed by atoms with Gasteiger partial charge in [0.05, 0.1) is 11.8 Å². The predicted octanol–water partition coefficient (Wildman–Crippen LogP) is 3.27. The monoisotopic (exact) mass is 230 g/mol. The fraction of sp³-hybridized carbons (Fsp3) is 1.00. The first-order valence-corrected chi connectivity index (χ1v) is 4.07. The fourth-order valence-corrected chi connectivity index (χ4v) is 0.890. The first-order chi connectivity index (χ1) is 4.37. The third-order valence-electron chi connectivity index (χ3n) is 0.871. The molecule has 0 spiro atoms. The fourth-order valence-electron chi connectivity index (χ4n) is 0.196. The molecule has 0 nitrogen and oxygen atoms in total. The molecule has 0 aliphatic heterocycles. The summed E-state index contributed by atoms with van der Waals surface area (Å²) in [6.07, 6.45) is 0. The Kier molecular flexibility index (Phi) is 3.98. The number of rotatable bonds is 3. The highest BCUT2D eigenvalue weighted by Crippen LogP contribution is 2.39. The van der Waals surface area contributed by atoms with Crippen LogP contribution in [-0.2, 0) is 0 Å².